The van der Waals surface area contributed by atoms with Gasteiger partial charge in [-0.05, 0) is 30.7 Å². The lowest BCUT2D eigenvalue weighted by Gasteiger charge is -2.01. The van der Waals surface area contributed by atoms with E-state index in [2.05, 4.69) is 6.58 Å². The first-order valence-corrected chi connectivity index (χ1v) is 4.32. The first-order chi connectivity index (χ1) is 6.11. The smallest absolute Gasteiger partial charge is 0.130 e. The minimum absolute atomic E-state index is 0.272. The third kappa shape index (κ3) is 3.28. The van der Waals surface area contributed by atoms with Crippen molar-refractivity contribution < 1.29 is 4.39 Å². The summed E-state index contributed by atoms with van der Waals surface area (Å²) < 4.78 is 12.9. The molecule has 72 valence electrons. The van der Waals surface area contributed by atoms with E-state index in [9.17, 15) is 4.39 Å². The maximum absolute atomic E-state index is 12.9. The highest BCUT2D eigenvalue weighted by Crippen LogP contribution is 2.18. The summed E-state index contributed by atoms with van der Waals surface area (Å²) in [5.41, 5.74) is 7.20. The number of hydrogen-bond acceptors (Lipinski definition) is 1. The van der Waals surface area contributed by atoms with Crippen LogP contribution in [-0.4, -0.2) is 0 Å². The van der Waals surface area contributed by atoms with Gasteiger partial charge >= 0.3 is 0 Å². The highest BCUT2D eigenvalue weighted by molar-refractivity contribution is 5.65. The van der Waals surface area contributed by atoms with E-state index in [0.717, 1.165) is 0 Å². The zero-order valence-electron chi connectivity index (χ0n) is 8.39. The molecule has 0 atom stereocenters. The summed E-state index contributed by atoms with van der Waals surface area (Å²) in [6, 6.07) is 4.46. The third-order valence-corrected chi connectivity index (χ3v) is 1.45. The molecule has 2 N–H and O–H groups in total. The van der Waals surface area contributed by atoms with Crippen molar-refractivity contribution in [1.29, 1.82) is 0 Å². The molecule has 0 unspecified atom stereocenters. The molecule has 1 aromatic carbocycles. The number of hydrogen-bond donors (Lipinski definition) is 1. The second kappa shape index (κ2) is 5.36. The summed E-state index contributed by atoms with van der Waals surface area (Å²) in [5.74, 6) is -0.272. The minimum atomic E-state index is -0.272. The van der Waals surface area contributed by atoms with Crippen LogP contribution in [0, 0.1) is 5.82 Å². The predicted molar refractivity (Wildman–Crippen MR) is 56.9 cm³/mol. The number of benzene rings is 1. The Hall–Kier alpha value is -1.31. The highest BCUT2D eigenvalue weighted by Gasteiger charge is 2.01. The number of nitrogens with two attached hydrogens (primary N) is 1. The number of halogens is 1. The maximum Gasteiger partial charge on any atom is 0.130 e. The van der Waals surface area contributed by atoms with Gasteiger partial charge in [-0.2, -0.15) is 0 Å². The Morgan fingerprint density at radius 1 is 1.38 bits per heavy atom. The van der Waals surface area contributed by atoms with Crippen LogP contribution in [0.2, 0.25) is 0 Å². The van der Waals surface area contributed by atoms with Crippen molar-refractivity contribution in [1.82, 2.24) is 0 Å². The van der Waals surface area contributed by atoms with Gasteiger partial charge in [-0.15, -0.1) is 0 Å². The Morgan fingerprint density at radius 2 is 1.92 bits per heavy atom. The Bertz CT molecular complexity index is 292. The molecule has 2 heteroatoms. The third-order valence-electron chi connectivity index (χ3n) is 1.45. The van der Waals surface area contributed by atoms with Crippen molar-refractivity contribution in [2.75, 3.05) is 5.73 Å². The van der Waals surface area contributed by atoms with Gasteiger partial charge in [0.2, 0.25) is 0 Å². The van der Waals surface area contributed by atoms with Crippen molar-refractivity contribution in [3.8, 4) is 0 Å². The van der Waals surface area contributed by atoms with Crippen LogP contribution in [0.3, 0.4) is 0 Å². The van der Waals surface area contributed by atoms with E-state index in [1.54, 1.807) is 13.0 Å². The highest BCUT2D eigenvalue weighted by atomic mass is 19.1. The Balaban J connectivity index is 0.000000671. The van der Waals surface area contributed by atoms with Gasteiger partial charge in [-0.1, -0.05) is 20.4 Å². The molecule has 0 amide bonds. The fourth-order valence-corrected chi connectivity index (χ4v) is 0.870. The summed E-state index contributed by atoms with van der Waals surface area (Å²) in [6.07, 6.45) is 0. The molecule has 1 aromatic rings. The lowest BCUT2D eigenvalue weighted by atomic mass is 10.1. The lowest BCUT2D eigenvalue weighted by molar-refractivity contribution is 0.624. The van der Waals surface area contributed by atoms with Crippen molar-refractivity contribution in [3.05, 3.63) is 36.2 Å². The molecule has 0 saturated heterocycles. The zero-order valence-corrected chi connectivity index (χ0v) is 8.39. The van der Waals surface area contributed by atoms with Gasteiger partial charge in [0.05, 0.1) is 0 Å². The quantitative estimate of drug-likeness (QED) is 0.659. The van der Waals surface area contributed by atoms with Crippen molar-refractivity contribution in [2.24, 2.45) is 0 Å². The van der Waals surface area contributed by atoms with Crippen molar-refractivity contribution in [2.45, 2.75) is 20.8 Å². The molecule has 1 rings (SSSR count). The van der Waals surface area contributed by atoms with Gasteiger partial charge < -0.3 is 5.73 Å². The summed E-state index contributed by atoms with van der Waals surface area (Å²) >= 11 is 0. The average molecular weight is 181 g/mol. The van der Waals surface area contributed by atoms with Crippen LogP contribution < -0.4 is 5.73 Å². The monoisotopic (exact) mass is 181 g/mol. The number of anilines is 1. The maximum atomic E-state index is 12.9. The van der Waals surface area contributed by atoms with E-state index in [1.807, 2.05) is 13.8 Å². The Morgan fingerprint density at radius 3 is 2.31 bits per heavy atom. The standard InChI is InChI=1S/C9H10FN.C2H6/c1-6(2)8-5-7(11)3-4-9(8)10;1-2/h3-5H,1,11H2,2H3;1-2H3. The van der Waals surface area contributed by atoms with E-state index in [-0.39, 0.29) is 5.82 Å². The molecule has 0 fully saturated rings. The van der Waals surface area contributed by atoms with Crippen LogP contribution in [-0.2, 0) is 0 Å². The van der Waals surface area contributed by atoms with E-state index >= 15 is 0 Å². The molecule has 0 aliphatic rings. The first-order valence-electron chi connectivity index (χ1n) is 4.32. The van der Waals surface area contributed by atoms with Crippen LogP contribution >= 0.6 is 0 Å². The number of nitrogen functional groups attached to an aromatic ring is 1. The molecule has 0 spiro atoms. The van der Waals surface area contributed by atoms with Crippen LogP contribution in [0.4, 0.5) is 10.1 Å². The number of allylic oxidation sites excluding steroid dienone is 1. The average Bonchev–Trinajstić information content (AvgIpc) is 2.12. The van der Waals surface area contributed by atoms with Gasteiger partial charge in [0.1, 0.15) is 5.82 Å². The molecule has 0 heterocycles. The van der Waals surface area contributed by atoms with E-state index in [1.165, 1.54) is 12.1 Å². The van der Waals surface area contributed by atoms with Gasteiger partial charge in [0.25, 0.3) is 0 Å². The largest absolute Gasteiger partial charge is 0.399 e. The summed E-state index contributed by atoms with van der Waals surface area (Å²) in [6.45, 7) is 9.38. The second-order valence-electron chi connectivity index (χ2n) is 2.52. The lowest BCUT2D eigenvalue weighted by Crippen LogP contribution is -1.90. The van der Waals surface area contributed by atoms with Gasteiger partial charge in [0.15, 0.2) is 0 Å². The fourth-order valence-electron chi connectivity index (χ4n) is 0.870. The van der Waals surface area contributed by atoms with Crippen molar-refractivity contribution >= 4 is 11.3 Å². The van der Waals surface area contributed by atoms with Crippen LogP contribution in [0.15, 0.2) is 24.8 Å². The molecule has 13 heavy (non-hydrogen) atoms. The van der Waals surface area contributed by atoms with E-state index < -0.39 is 0 Å². The Labute approximate surface area is 79.1 Å². The van der Waals surface area contributed by atoms with Gasteiger partial charge in [-0.25, -0.2) is 4.39 Å². The molecule has 0 aliphatic heterocycles. The SMILES string of the molecule is C=C(C)c1cc(N)ccc1F.CC. The summed E-state index contributed by atoms with van der Waals surface area (Å²) in [5, 5.41) is 0. The van der Waals surface area contributed by atoms with Crippen molar-refractivity contribution in [3.63, 3.8) is 0 Å². The minimum Gasteiger partial charge on any atom is -0.399 e. The van der Waals surface area contributed by atoms with E-state index in [4.69, 9.17) is 5.73 Å². The molecular weight excluding hydrogens is 165 g/mol. The second-order valence-corrected chi connectivity index (χ2v) is 2.52. The van der Waals surface area contributed by atoms with Crippen LogP contribution in [0.1, 0.15) is 26.3 Å². The fraction of sp³-hybridized carbons (Fsp3) is 0.273. The molecule has 0 saturated carbocycles. The Kier molecular flexibility index (Phi) is 4.82. The van der Waals surface area contributed by atoms with Gasteiger partial charge in [-0.3, -0.25) is 0 Å². The zero-order chi connectivity index (χ0) is 10.4. The van der Waals surface area contributed by atoms with Crippen LogP contribution in [0.5, 0.6) is 0 Å². The van der Waals surface area contributed by atoms with Crippen LogP contribution in [0.25, 0.3) is 5.57 Å². The molecule has 0 bridgehead atoms. The van der Waals surface area contributed by atoms with E-state index in [0.29, 0.717) is 16.8 Å². The molecular formula is C11H16FN. The summed E-state index contributed by atoms with van der Waals surface area (Å²) in [4.78, 5) is 0. The predicted octanol–water partition coefficient (Wildman–Crippen LogP) is 3.47. The molecule has 0 radical (unpaired) electrons. The summed E-state index contributed by atoms with van der Waals surface area (Å²) in [7, 11) is 0. The topological polar surface area (TPSA) is 26.0 Å². The molecule has 0 aromatic heterocycles. The first kappa shape index (κ1) is 11.7. The number of rotatable bonds is 1. The molecule has 1 nitrogen and oxygen atoms in total. The van der Waals surface area contributed by atoms with Gasteiger partial charge in [0, 0.05) is 11.3 Å². The normalized spacial score (nSPS) is 8.62. The molecule has 0 aliphatic carbocycles.